The molecule has 152 valence electrons. The Morgan fingerprint density at radius 1 is 1.17 bits per heavy atom. The van der Waals surface area contributed by atoms with Crippen LogP contribution in [-0.2, 0) is 20.7 Å². The zero-order valence-corrected chi connectivity index (χ0v) is 17.0. The summed E-state index contributed by atoms with van der Waals surface area (Å²) in [7, 11) is 3.47. The number of hydrogen-bond acceptors (Lipinski definition) is 4. The van der Waals surface area contributed by atoms with Crippen molar-refractivity contribution in [2.24, 2.45) is 5.92 Å². The number of ether oxygens (including phenoxy) is 1. The SMILES string of the molecule is CN(C)C(=O)C1(Cc2ccc(-c3cccnc3)cc2)CN(C(=O)C2CC2)CCO1. The van der Waals surface area contributed by atoms with Crippen molar-refractivity contribution in [2.45, 2.75) is 24.9 Å². The van der Waals surface area contributed by atoms with Crippen LogP contribution in [0.3, 0.4) is 0 Å². The maximum Gasteiger partial charge on any atom is 0.256 e. The summed E-state index contributed by atoms with van der Waals surface area (Å²) in [5, 5.41) is 0. The molecule has 29 heavy (non-hydrogen) atoms. The van der Waals surface area contributed by atoms with Crippen LogP contribution in [0.1, 0.15) is 18.4 Å². The van der Waals surface area contributed by atoms with E-state index in [4.69, 9.17) is 4.74 Å². The minimum Gasteiger partial charge on any atom is -0.361 e. The van der Waals surface area contributed by atoms with Gasteiger partial charge in [0.15, 0.2) is 5.60 Å². The van der Waals surface area contributed by atoms with Gasteiger partial charge in [-0.25, -0.2) is 0 Å². The minimum atomic E-state index is -1.04. The molecule has 1 aliphatic heterocycles. The van der Waals surface area contributed by atoms with Gasteiger partial charge in [-0.15, -0.1) is 0 Å². The number of hydrogen-bond donors (Lipinski definition) is 0. The van der Waals surface area contributed by atoms with Crippen LogP contribution in [-0.4, -0.2) is 66.0 Å². The number of carbonyl (C=O) groups excluding carboxylic acids is 2. The first kappa shape index (κ1) is 19.6. The molecule has 0 radical (unpaired) electrons. The molecule has 1 aromatic heterocycles. The van der Waals surface area contributed by atoms with Gasteiger partial charge in [0.2, 0.25) is 5.91 Å². The summed E-state index contributed by atoms with van der Waals surface area (Å²) < 4.78 is 6.09. The number of carbonyl (C=O) groups is 2. The molecule has 1 aliphatic carbocycles. The number of likely N-dealkylation sites (N-methyl/N-ethyl adjacent to an activating group) is 1. The molecule has 1 saturated carbocycles. The first-order valence-corrected chi connectivity index (χ1v) is 10.1. The standard InChI is InChI=1S/C23H27N3O3/c1-25(2)22(28)23(16-26(12-13-29-23)21(27)19-9-10-19)14-17-5-7-18(8-6-17)20-4-3-11-24-15-20/h3-8,11,15,19H,9-10,12-14,16H2,1-2H3. The predicted molar refractivity (Wildman–Crippen MR) is 110 cm³/mol. The normalized spacial score (nSPS) is 21.7. The van der Waals surface area contributed by atoms with E-state index in [1.165, 1.54) is 0 Å². The molecule has 2 fully saturated rings. The van der Waals surface area contributed by atoms with Crippen molar-refractivity contribution < 1.29 is 14.3 Å². The number of nitrogens with zero attached hydrogens (tertiary/aromatic N) is 3. The van der Waals surface area contributed by atoms with Crippen LogP contribution in [0.5, 0.6) is 0 Å². The third-order valence-electron chi connectivity index (χ3n) is 5.66. The molecule has 4 rings (SSSR count). The molecule has 1 atom stereocenters. The number of morpholine rings is 1. The van der Waals surface area contributed by atoms with Gasteiger partial charge < -0.3 is 14.5 Å². The molecule has 2 amide bonds. The van der Waals surface area contributed by atoms with Gasteiger partial charge in [0.1, 0.15) is 0 Å². The Labute approximate surface area is 171 Å². The summed E-state index contributed by atoms with van der Waals surface area (Å²) in [4.78, 5) is 33.3. The molecular weight excluding hydrogens is 366 g/mol. The fraction of sp³-hybridized carbons (Fsp3) is 0.435. The summed E-state index contributed by atoms with van der Waals surface area (Å²) in [6.45, 7) is 1.24. The van der Waals surface area contributed by atoms with Gasteiger partial charge in [0, 0.05) is 45.4 Å². The number of pyridine rings is 1. The van der Waals surface area contributed by atoms with Crippen molar-refractivity contribution in [3.63, 3.8) is 0 Å². The lowest BCUT2D eigenvalue weighted by atomic mass is 9.90. The average Bonchev–Trinajstić information content (AvgIpc) is 3.59. The maximum absolute atomic E-state index is 13.1. The second-order valence-corrected chi connectivity index (χ2v) is 8.19. The second kappa shape index (κ2) is 7.95. The van der Waals surface area contributed by atoms with E-state index in [-0.39, 0.29) is 17.7 Å². The monoisotopic (exact) mass is 393 g/mol. The molecule has 6 heteroatoms. The highest BCUT2D eigenvalue weighted by Gasteiger charge is 2.47. The number of rotatable bonds is 5. The van der Waals surface area contributed by atoms with E-state index in [9.17, 15) is 9.59 Å². The Balaban J connectivity index is 1.57. The van der Waals surface area contributed by atoms with Gasteiger partial charge in [-0.3, -0.25) is 14.6 Å². The van der Waals surface area contributed by atoms with Gasteiger partial charge >= 0.3 is 0 Å². The van der Waals surface area contributed by atoms with Gasteiger partial charge in [0.25, 0.3) is 5.91 Å². The van der Waals surface area contributed by atoms with E-state index in [1.54, 1.807) is 25.2 Å². The lowest BCUT2D eigenvalue weighted by Crippen LogP contribution is -2.62. The van der Waals surface area contributed by atoms with Gasteiger partial charge in [-0.1, -0.05) is 30.3 Å². The van der Waals surface area contributed by atoms with Crippen LogP contribution in [0.4, 0.5) is 0 Å². The molecule has 1 aromatic carbocycles. The molecule has 2 aliphatic rings. The Hall–Kier alpha value is -2.73. The van der Waals surface area contributed by atoms with Gasteiger partial charge in [-0.2, -0.15) is 0 Å². The van der Waals surface area contributed by atoms with Crippen molar-refractivity contribution in [1.82, 2.24) is 14.8 Å². The van der Waals surface area contributed by atoms with E-state index < -0.39 is 5.60 Å². The fourth-order valence-corrected chi connectivity index (χ4v) is 3.96. The second-order valence-electron chi connectivity index (χ2n) is 8.19. The van der Waals surface area contributed by atoms with E-state index in [1.807, 2.05) is 47.5 Å². The van der Waals surface area contributed by atoms with Crippen LogP contribution in [0, 0.1) is 5.92 Å². The third-order valence-corrected chi connectivity index (χ3v) is 5.66. The maximum atomic E-state index is 13.1. The van der Waals surface area contributed by atoms with E-state index in [0.29, 0.717) is 26.1 Å². The molecule has 2 aromatic rings. The number of benzene rings is 1. The van der Waals surface area contributed by atoms with Crippen molar-refractivity contribution >= 4 is 11.8 Å². The quantitative estimate of drug-likeness (QED) is 0.783. The van der Waals surface area contributed by atoms with E-state index in [2.05, 4.69) is 4.98 Å². The fourth-order valence-electron chi connectivity index (χ4n) is 3.96. The largest absolute Gasteiger partial charge is 0.361 e. The predicted octanol–water partition coefficient (Wildman–Crippen LogP) is 2.39. The minimum absolute atomic E-state index is 0.0952. The van der Waals surface area contributed by atoms with Crippen LogP contribution < -0.4 is 0 Å². The Bertz CT molecular complexity index is 878. The van der Waals surface area contributed by atoms with Crippen LogP contribution in [0.15, 0.2) is 48.8 Å². The van der Waals surface area contributed by atoms with Crippen molar-refractivity contribution in [1.29, 1.82) is 0 Å². The highest BCUT2D eigenvalue weighted by Crippen LogP contribution is 2.34. The lowest BCUT2D eigenvalue weighted by Gasteiger charge is -2.43. The van der Waals surface area contributed by atoms with Crippen molar-refractivity contribution in [3.8, 4) is 11.1 Å². The smallest absolute Gasteiger partial charge is 0.256 e. The first-order chi connectivity index (χ1) is 14.0. The van der Waals surface area contributed by atoms with E-state index >= 15 is 0 Å². The highest BCUT2D eigenvalue weighted by atomic mass is 16.5. The molecular formula is C23H27N3O3. The molecule has 1 saturated heterocycles. The van der Waals surface area contributed by atoms with Crippen molar-refractivity contribution in [2.75, 3.05) is 33.8 Å². The Morgan fingerprint density at radius 2 is 1.93 bits per heavy atom. The first-order valence-electron chi connectivity index (χ1n) is 10.1. The molecule has 1 unspecified atom stereocenters. The zero-order chi connectivity index (χ0) is 20.4. The average molecular weight is 393 g/mol. The zero-order valence-electron chi connectivity index (χ0n) is 17.0. The Kier molecular flexibility index (Phi) is 5.37. The van der Waals surface area contributed by atoms with Gasteiger partial charge in [0.05, 0.1) is 13.2 Å². The summed E-state index contributed by atoms with van der Waals surface area (Å²) in [5.41, 5.74) is 2.09. The Morgan fingerprint density at radius 3 is 2.55 bits per heavy atom. The van der Waals surface area contributed by atoms with Crippen LogP contribution in [0.25, 0.3) is 11.1 Å². The summed E-state index contributed by atoms with van der Waals surface area (Å²) in [5.74, 6) is 0.206. The highest BCUT2D eigenvalue weighted by molar-refractivity contribution is 5.88. The summed E-state index contributed by atoms with van der Waals surface area (Å²) >= 11 is 0. The molecule has 2 heterocycles. The van der Waals surface area contributed by atoms with Crippen LogP contribution in [0.2, 0.25) is 0 Å². The number of amides is 2. The lowest BCUT2D eigenvalue weighted by molar-refractivity contribution is -0.173. The molecule has 6 nitrogen and oxygen atoms in total. The van der Waals surface area contributed by atoms with E-state index in [0.717, 1.165) is 29.5 Å². The molecule has 0 N–H and O–H groups in total. The summed E-state index contributed by atoms with van der Waals surface area (Å²) in [6, 6.07) is 12.1. The van der Waals surface area contributed by atoms with Gasteiger partial charge in [-0.05, 0) is 35.6 Å². The van der Waals surface area contributed by atoms with Crippen LogP contribution >= 0.6 is 0 Å². The summed E-state index contributed by atoms with van der Waals surface area (Å²) in [6.07, 6.45) is 5.94. The third kappa shape index (κ3) is 4.17. The number of aromatic nitrogens is 1. The topological polar surface area (TPSA) is 62.7 Å². The molecule has 0 bridgehead atoms. The van der Waals surface area contributed by atoms with Crippen molar-refractivity contribution in [3.05, 3.63) is 54.4 Å². The molecule has 0 spiro atoms.